The quantitative estimate of drug-likeness (QED) is 0.811. The van der Waals surface area contributed by atoms with Crippen LogP contribution in [0.5, 0.6) is 0 Å². The molecule has 1 saturated carbocycles. The van der Waals surface area contributed by atoms with E-state index in [9.17, 15) is 4.79 Å². The summed E-state index contributed by atoms with van der Waals surface area (Å²) in [7, 11) is 0. The molecule has 1 aliphatic rings. The predicted octanol–water partition coefficient (Wildman–Crippen LogP) is 4.09. The maximum absolute atomic E-state index is 12.0. The molecule has 104 valence electrons. The first kappa shape index (κ1) is 14.1. The number of aryl methyl sites for hydroxylation is 1. The highest BCUT2D eigenvalue weighted by molar-refractivity contribution is 5.94. The van der Waals surface area contributed by atoms with E-state index in [-0.39, 0.29) is 5.91 Å². The summed E-state index contributed by atoms with van der Waals surface area (Å²) in [6, 6.07) is 7.78. The average molecular weight is 259 g/mol. The van der Waals surface area contributed by atoms with Crippen molar-refractivity contribution in [1.29, 1.82) is 0 Å². The van der Waals surface area contributed by atoms with Crippen molar-refractivity contribution in [2.45, 2.75) is 51.9 Å². The van der Waals surface area contributed by atoms with E-state index >= 15 is 0 Å². The SMILES string of the molecule is Cc1cccc(C(=O)NCCC2CCCCCC2)c1. The molecule has 0 atom stereocenters. The van der Waals surface area contributed by atoms with Gasteiger partial charge in [-0.2, -0.15) is 0 Å². The number of hydrogen-bond acceptors (Lipinski definition) is 1. The normalized spacial score (nSPS) is 16.9. The third-order valence-electron chi connectivity index (χ3n) is 4.09. The van der Waals surface area contributed by atoms with Gasteiger partial charge >= 0.3 is 0 Å². The van der Waals surface area contributed by atoms with Crippen molar-refractivity contribution in [3.8, 4) is 0 Å². The molecule has 1 amide bonds. The summed E-state index contributed by atoms with van der Waals surface area (Å²) in [5.74, 6) is 0.887. The Morgan fingerprint density at radius 3 is 2.63 bits per heavy atom. The number of benzene rings is 1. The van der Waals surface area contributed by atoms with E-state index in [4.69, 9.17) is 0 Å². The van der Waals surface area contributed by atoms with Gasteiger partial charge in [-0.3, -0.25) is 4.79 Å². The lowest BCUT2D eigenvalue weighted by Crippen LogP contribution is -2.26. The van der Waals surface area contributed by atoms with Crippen LogP contribution in [0.4, 0.5) is 0 Å². The maximum atomic E-state index is 12.0. The van der Waals surface area contributed by atoms with Crippen LogP contribution >= 0.6 is 0 Å². The lowest BCUT2D eigenvalue weighted by Gasteiger charge is -2.14. The minimum atomic E-state index is 0.0670. The van der Waals surface area contributed by atoms with E-state index in [0.29, 0.717) is 0 Å². The summed E-state index contributed by atoms with van der Waals surface area (Å²) in [5.41, 5.74) is 1.91. The summed E-state index contributed by atoms with van der Waals surface area (Å²) >= 11 is 0. The molecule has 19 heavy (non-hydrogen) atoms. The number of carbonyl (C=O) groups excluding carboxylic acids is 1. The smallest absolute Gasteiger partial charge is 0.251 e. The number of rotatable bonds is 4. The summed E-state index contributed by atoms with van der Waals surface area (Å²) < 4.78 is 0. The Labute approximate surface area is 116 Å². The molecule has 2 heteroatoms. The second-order valence-electron chi connectivity index (χ2n) is 5.77. The Balaban J connectivity index is 1.74. The Morgan fingerprint density at radius 2 is 1.95 bits per heavy atom. The fourth-order valence-corrected chi connectivity index (χ4v) is 2.93. The van der Waals surface area contributed by atoms with Crippen molar-refractivity contribution in [3.63, 3.8) is 0 Å². The summed E-state index contributed by atoms with van der Waals surface area (Å²) in [6.45, 7) is 2.83. The Hall–Kier alpha value is -1.31. The van der Waals surface area contributed by atoms with Gasteiger partial charge in [-0.1, -0.05) is 56.2 Å². The fraction of sp³-hybridized carbons (Fsp3) is 0.588. The Kier molecular flexibility index (Phi) is 5.44. The standard InChI is InChI=1S/C17H25NO/c1-14-7-6-10-16(13-14)17(19)18-12-11-15-8-4-2-3-5-9-15/h6-7,10,13,15H,2-5,8-9,11-12H2,1H3,(H,18,19). The van der Waals surface area contributed by atoms with Crippen LogP contribution in [0.25, 0.3) is 0 Å². The second-order valence-corrected chi connectivity index (χ2v) is 5.77. The monoisotopic (exact) mass is 259 g/mol. The van der Waals surface area contributed by atoms with E-state index in [0.717, 1.165) is 30.0 Å². The van der Waals surface area contributed by atoms with Crippen LogP contribution in [0, 0.1) is 12.8 Å². The van der Waals surface area contributed by atoms with Gasteiger partial charge in [0.05, 0.1) is 0 Å². The van der Waals surface area contributed by atoms with Crippen molar-refractivity contribution in [2.24, 2.45) is 5.92 Å². The van der Waals surface area contributed by atoms with Gasteiger partial charge < -0.3 is 5.32 Å². The van der Waals surface area contributed by atoms with E-state index < -0.39 is 0 Å². The molecule has 0 bridgehead atoms. The molecule has 2 nitrogen and oxygen atoms in total. The molecule has 1 aromatic rings. The van der Waals surface area contributed by atoms with Gasteiger partial charge in [0.1, 0.15) is 0 Å². The van der Waals surface area contributed by atoms with Crippen molar-refractivity contribution in [3.05, 3.63) is 35.4 Å². The lowest BCUT2D eigenvalue weighted by atomic mass is 9.97. The molecule has 1 aromatic carbocycles. The number of carbonyl (C=O) groups is 1. The van der Waals surface area contributed by atoms with Gasteiger partial charge in [-0.15, -0.1) is 0 Å². The van der Waals surface area contributed by atoms with Gasteiger partial charge in [0.15, 0.2) is 0 Å². The van der Waals surface area contributed by atoms with Crippen LogP contribution < -0.4 is 5.32 Å². The van der Waals surface area contributed by atoms with Crippen molar-refractivity contribution in [1.82, 2.24) is 5.32 Å². The van der Waals surface area contributed by atoms with Crippen molar-refractivity contribution in [2.75, 3.05) is 6.54 Å². The van der Waals surface area contributed by atoms with Gasteiger partial charge in [0.2, 0.25) is 0 Å². The van der Waals surface area contributed by atoms with Gasteiger partial charge in [-0.05, 0) is 31.4 Å². The Bertz CT molecular complexity index is 405. The molecular weight excluding hydrogens is 234 g/mol. The first-order chi connectivity index (χ1) is 9.25. The van der Waals surface area contributed by atoms with Crippen LogP contribution in [0.2, 0.25) is 0 Å². The van der Waals surface area contributed by atoms with Crippen LogP contribution in [0.3, 0.4) is 0 Å². The highest BCUT2D eigenvalue weighted by atomic mass is 16.1. The zero-order valence-electron chi connectivity index (χ0n) is 12.0. The average Bonchev–Trinajstić information content (AvgIpc) is 2.67. The van der Waals surface area contributed by atoms with E-state index in [2.05, 4.69) is 5.32 Å². The summed E-state index contributed by atoms with van der Waals surface area (Å²) in [6.07, 6.45) is 9.36. The number of amides is 1. The fourth-order valence-electron chi connectivity index (χ4n) is 2.93. The molecule has 1 fully saturated rings. The predicted molar refractivity (Wildman–Crippen MR) is 79.3 cm³/mol. The first-order valence-corrected chi connectivity index (χ1v) is 7.60. The molecule has 0 aliphatic heterocycles. The first-order valence-electron chi connectivity index (χ1n) is 7.60. The molecule has 0 aromatic heterocycles. The zero-order valence-corrected chi connectivity index (χ0v) is 12.0. The lowest BCUT2D eigenvalue weighted by molar-refractivity contribution is 0.0951. The molecule has 0 unspecified atom stereocenters. The molecule has 2 rings (SSSR count). The molecule has 0 heterocycles. The van der Waals surface area contributed by atoms with Crippen LogP contribution in [-0.4, -0.2) is 12.5 Å². The Morgan fingerprint density at radius 1 is 1.21 bits per heavy atom. The third kappa shape index (κ3) is 4.70. The van der Waals surface area contributed by atoms with E-state index in [1.54, 1.807) is 0 Å². The summed E-state index contributed by atoms with van der Waals surface area (Å²) in [4.78, 5) is 12.0. The highest BCUT2D eigenvalue weighted by Crippen LogP contribution is 2.24. The maximum Gasteiger partial charge on any atom is 0.251 e. The molecule has 0 spiro atoms. The molecule has 1 N–H and O–H groups in total. The number of hydrogen-bond donors (Lipinski definition) is 1. The van der Waals surface area contributed by atoms with Gasteiger partial charge in [-0.25, -0.2) is 0 Å². The van der Waals surface area contributed by atoms with Crippen molar-refractivity contribution < 1.29 is 4.79 Å². The molecule has 0 radical (unpaired) electrons. The highest BCUT2D eigenvalue weighted by Gasteiger charge is 2.12. The minimum absolute atomic E-state index is 0.0670. The molecule has 0 saturated heterocycles. The topological polar surface area (TPSA) is 29.1 Å². The van der Waals surface area contributed by atoms with Crippen LogP contribution in [0.15, 0.2) is 24.3 Å². The second kappa shape index (κ2) is 7.32. The third-order valence-corrected chi connectivity index (χ3v) is 4.09. The van der Waals surface area contributed by atoms with E-state index in [1.165, 1.54) is 38.5 Å². The van der Waals surface area contributed by atoms with Crippen molar-refractivity contribution >= 4 is 5.91 Å². The van der Waals surface area contributed by atoms with Crippen LogP contribution in [0.1, 0.15) is 60.9 Å². The van der Waals surface area contributed by atoms with E-state index in [1.807, 2.05) is 31.2 Å². The van der Waals surface area contributed by atoms with Gasteiger partial charge in [0, 0.05) is 12.1 Å². The molecular formula is C17H25NO. The van der Waals surface area contributed by atoms with Crippen LogP contribution in [-0.2, 0) is 0 Å². The largest absolute Gasteiger partial charge is 0.352 e. The summed E-state index contributed by atoms with van der Waals surface area (Å²) in [5, 5.41) is 3.05. The molecule has 1 aliphatic carbocycles. The van der Waals surface area contributed by atoms with Gasteiger partial charge in [0.25, 0.3) is 5.91 Å². The minimum Gasteiger partial charge on any atom is -0.352 e. The zero-order chi connectivity index (χ0) is 13.5. The number of nitrogens with one attached hydrogen (secondary N) is 1.